The van der Waals surface area contributed by atoms with Gasteiger partial charge in [0.2, 0.25) is 0 Å². The van der Waals surface area contributed by atoms with Crippen molar-refractivity contribution in [3.05, 3.63) is 194 Å². The van der Waals surface area contributed by atoms with E-state index in [2.05, 4.69) is 170 Å². The quantitative estimate of drug-likeness (QED) is 0.176. The number of nitrogens with zero attached hydrogens (tertiary/aromatic N) is 2. The third kappa shape index (κ3) is 5.65. The van der Waals surface area contributed by atoms with Crippen molar-refractivity contribution in [3.63, 3.8) is 0 Å². The van der Waals surface area contributed by atoms with Crippen LogP contribution in [0, 0.1) is 0 Å². The zero-order chi connectivity index (χ0) is 35.1. The van der Waals surface area contributed by atoms with Crippen molar-refractivity contribution in [2.75, 3.05) is 0 Å². The SMILES string of the molecule is c1ccc(-c2cc(-c3ccccc3)cc(-c3cccc(-c4cccc(-c5nc(-c6ccccc6)c6oc7c8ccccc8ccc7c6n5)c4)c3)c2)cc1. The molecule has 0 radical (unpaired) electrons. The molecule has 0 aliphatic carbocycles. The van der Waals surface area contributed by atoms with Crippen LogP contribution in [0.5, 0.6) is 0 Å². The van der Waals surface area contributed by atoms with Crippen LogP contribution >= 0.6 is 0 Å². The van der Waals surface area contributed by atoms with E-state index in [0.717, 1.165) is 60.8 Å². The summed E-state index contributed by atoms with van der Waals surface area (Å²) in [5, 5.41) is 3.18. The monoisotopic (exact) mass is 676 g/mol. The molecule has 53 heavy (non-hydrogen) atoms. The molecule has 248 valence electrons. The normalized spacial score (nSPS) is 11.4. The Balaban J connectivity index is 1.10. The van der Waals surface area contributed by atoms with E-state index in [0.29, 0.717) is 11.4 Å². The third-order valence-electron chi connectivity index (χ3n) is 10.0. The molecule has 0 saturated carbocycles. The van der Waals surface area contributed by atoms with Crippen molar-refractivity contribution in [1.82, 2.24) is 9.97 Å². The maximum Gasteiger partial charge on any atom is 0.180 e. The van der Waals surface area contributed by atoms with Gasteiger partial charge in [-0.25, -0.2) is 9.97 Å². The molecule has 8 aromatic carbocycles. The van der Waals surface area contributed by atoms with Crippen molar-refractivity contribution in [2.24, 2.45) is 0 Å². The number of furan rings is 1. The van der Waals surface area contributed by atoms with Crippen LogP contribution in [0.25, 0.3) is 100.0 Å². The van der Waals surface area contributed by atoms with Crippen LogP contribution in [-0.4, -0.2) is 9.97 Å². The first-order valence-electron chi connectivity index (χ1n) is 17.9. The summed E-state index contributed by atoms with van der Waals surface area (Å²) in [6.45, 7) is 0. The van der Waals surface area contributed by atoms with Gasteiger partial charge in [-0.3, -0.25) is 0 Å². The van der Waals surface area contributed by atoms with E-state index >= 15 is 0 Å². The van der Waals surface area contributed by atoms with Crippen LogP contribution in [0.2, 0.25) is 0 Å². The van der Waals surface area contributed by atoms with Gasteiger partial charge in [-0.15, -0.1) is 0 Å². The number of fused-ring (bicyclic) bond motifs is 5. The summed E-state index contributed by atoms with van der Waals surface area (Å²) in [7, 11) is 0. The Bertz CT molecular complexity index is 2870. The maximum atomic E-state index is 6.64. The first kappa shape index (κ1) is 30.7. The molecule has 2 aromatic heterocycles. The van der Waals surface area contributed by atoms with Gasteiger partial charge >= 0.3 is 0 Å². The lowest BCUT2D eigenvalue weighted by Crippen LogP contribution is -1.94. The van der Waals surface area contributed by atoms with Gasteiger partial charge in [0.05, 0.1) is 0 Å². The third-order valence-corrected chi connectivity index (χ3v) is 10.0. The van der Waals surface area contributed by atoms with Crippen molar-refractivity contribution in [1.29, 1.82) is 0 Å². The molecule has 3 nitrogen and oxygen atoms in total. The summed E-state index contributed by atoms with van der Waals surface area (Å²) in [6.07, 6.45) is 0. The van der Waals surface area contributed by atoms with Crippen molar-refractivity contribution in [3.8, 4) is 67.2 Å². The predicted octanol–water partition coefficient (Wildman–Crippen LogP) is 13.5. The minimum Gasteiger partial charge on any atom is -0.451 e. The molecule has 0 bridgehead atoms. The molecular formula is C50H32N2O. The fraction of sp³-hybridized carbons (Fsp3) is 0. The zero-order valence-corrected chi connectivity index (χ0v) is 28.8. The van der Waals surface area contributed by atoms with Crippen molar-refractivity contribution >= 4 is 32.8 Å². The molecule has 0 aliphatic heterocycles. The molecule has 10 rings (SSSR count). The van der Waals surface area contributed by atoms with Crippen LogP contribution in [0.15, 0.2) is 199 Å². The van der Waals surface area contributed by atoms with Crippen LogP contribution in [0.3, 0.4) is 0 Å². The second-order valence-electron chi connectivity index (χ2n) is 13.4. The summed E-state index contributed by atoms with van der Waals surface area (Å²) in [4.78, 5) is 10.4. The summed E-state index contributed by atoms with van der Waals surface area (Å²) >= 11 is 0. The Morgan fingerprint density at radius 2 is 0.774 bits per heavy atom. The van der Waals surface area contributed by atoms with E-state index < -0.39 is 0 Å². The van der Waals surface area contributed by atoms with Gasteiger partial charge in [-0.2, -0.15) is 0 Å². The van der Waals surface area contributed by atoms with Crippen molar-refractivity contribution in [2.45, 2.75) is 0 Å². The molecule has 3 heteroatoms. The first-order chi connectivity index (χ1) is 26.2. The standard InChI is InChI=1S/C50H32N2O/c1-4-14-33(15-5-1)41-30-42(34-16-6-2-7-17-34)32-43(31-41)39-23-12-21-37(28-39)38-22-13-24-40(29-38)50-51-46(36-19-8-3-9-20-36)49-47(52-50)45-27-26-35-18-10-11-25-44(35)48(45)53-49/h1-32H. The molecule has 10 aromatic rings. The largest absolute Gasteiger partial charge is 0.451 e. The van der Waals surface area contributed by atoms with Gasteiger partial charge in [0.1, 0.15) is 16.8 Å². The van der Waals surface area contributed by atoms with Crippen LogP contribution < -0.4 is 0 Å². The number of benzene rings is 8. The van der Waals surface area contributed by atoms with Crippen molar-refractivity contribution < 1.29 is 4.42 Å². The lowest BCUT2D eigenvalue weighted by molar-refractivity contribution is 0.671. The number of rotatable bonds is 6. The van der Waals surface area contributed by atoms with Gasteiger partial charge in [0.15, 0.2) is 11.4 Å². The summed E-state index contributed by atoms with van der Waals surface area (Å²) in [5.41, 5.74) is 14.4. The highest BCUT2D eigenvalue weighted by Crippen LogP contribution is 2.39. The van der Waals surface area contributed by atoms with Gasteiger partial charge in [0.25, 0.3) is 0 Å². The summed E-state index contributed by atoms with van der Waals surface area (Å²) < 4.78 is 6.64. The van der Waals surface area contributed by atoms with Gasteiger partial charge in [0, 0.05) is 21.9 Å². The average Bonchev–Trinajstić information content (AvgIpc) is 3.63. The van der Waals surface area contributed by atoms with Crippen LogP contribution in [0.4, 0.5) is 0 Å². The van der Waals surface area contributed by atoms with Gasteiger partial charge in [-0.1, -0.05) is 158 Å². The molecule has 0 N–H and O–H groups in total. The smallest absolute Gasteiger partial charge is 0.180 e. The number of aromatic nitrogens is 2. The lowest BCUT2D eigenvalue weighted by Gasteiger charge is -2.13. The Morgan fingerprint density at radius 1 is 0.302 bits per heavy atom. The number of hydrogen-bond donors (Lipinski definition) is 0. The highest BCUT2D eigenvalue weighted by atomic mass is 16.3. The Labute approximate surface area is 307 Å². The highest BCUT2D eigenvalue weighted by molar-refractivity contribution is 6.15. The minimum atomic E-state index is 0.660. The van der Waals surface area contributed by atoms with E-state index in [1.54, 1.807) is 0 Å². The fourth-order valence-corrected chi connectivity index (χ4v) is 7.40. The average molecular weight is 677 g/mol. The van der Waals surface area contributed by atoms with E-state index in [-0.39, 0.29) is 0 Å². The molecular weight excluding hydrogens is 645 g/mol. The summed E-state index contributed by atoms with van der Waals surface area (Å²) in [5.74, 6) is 0.660. The number of hydrogen-bond acceptors (Lipinski definition) is 3. The van der Waals surface area contributed by atoms with E-state index in [1.807, 2.05) is 24.3 Å². The molecule has 0 fully saturated rings. The maximum absolute atomic E-state index is 6.64. The van der Waals surface area contributed by atoms with E-state index in [9.17, 15) is 0 Å². The molecule has 0 aliphatic rings. The van der Waals surface area contributed by atoms with E-state index in [1.165, 1.54) is 27.8 Å². The molecule has 0 saturated heterocycles. The second-order valence-corrected chi connectivity index (χ2v) is 13.4. The van der Waals surface area contributed by atoms with E-state index in [4.69, 9.17) is 14.4 Å². The Kier molecular flexibility index (Phi) is 7.47. The Hall–Kier alpha value is -7.10. The highest BCUT2D eigenvalue weighted by Gasteiger charge is 2.20. The van der Waals surface area contributed by atoms with Crippen LogP contribution in [-0.2, 0) is 0 Å². The second kappa shape index (κ2) is 12.9. The lowest BCUT2D eigenvalue weighted by atomic mass is 9.92. The molecule has 0 amide bonds. The zero-order valence-electron chi connectivity index (χ0n) is 28.8. The molecule has 0 spiro atoms. The topological polar surface area (TPSA) is 38.9 Å². The molecule has 0 atom stereocenters. The van der Waals surface area contributed by atoms with Gasteiger partial charge < -0.3 is 4.42 Å². The minimum absolute atomic E-state index is 0.660. The Morgan fingerprint density at radius 3 is 1.42 bits per heavy atom. The van der Waals surface area contributed by atoms with Gasteiger partial charge in [-0.05, 0) is 86.3 Å². The predicted molar refractivity (Wildman–Crippen MR) is 219 cm³/mol. The fourth-order valence-electron chi connectivity index (χ4n) is 7.40. The molecule has 2 heterocycles. The van der Waals surface area contributed by atoms with Crippen LogP contribution in [0.1, 0.15) is 0 Å². The molecule has 0 unspecified atom stereocenters. The summed E-state index contributed by atoms with van der Waals surface area (Å²) in [6, 6.07) is 68.3. The first-order valence-corrected chi connectivity index (χ1v) is 17.9.